The quantitative estimate of drug-likeness (QED) is 0.623. The number of hydrogen-bond acceptors (Lipinski definition) is 2. The van der Waals surface area contributed by atoms with E-state index in [2.05, 4.69) is 19.2 Å². The summed E-state index contributed by atoms with van der Waals surface area (Å²) in [5.74, 6) is 0.0881. The van der Waals surface area contributed by atoms with Crippen molar-refractivity contribution in [2.45, 2.75) is 27.2 Å². The van der Waals surface area contributed by atoms with E-state index in [0.717, 1.165) is 24.2 Å². The average Bonchev–Trinajstić information content (AvgIpc) is 2.59. The van der Waals surface area contributed by atoms with E-state index in [0.29, 0.717) is 0 Å². The minimum atomic E-state index is 0.0881. The first-order valence-electron chi connectivity index (χ1n) is 6.02. The van der Waals surface area contributed by atoms with Crippen molar-refractivity contribution in [1.29, 1.82) is 0 Å². The summed E-state index contributed by atoms with van der Waals surface area (Å²) >= 11 is 0. The molecule has 0 saturated carbocycles. The Hall–Kier alpha value is -1.57. The van der Waals surface area contributed by atoms with Crippen molar-refractivity contribution < 1.29 is 4.79 Å². The van der Waals surface area contributed by atoms with Gasteiger partial charge in [-0.25, -0.2) is 0 Å². The number of carbonyl (C=O) groups is 1. The second kappa shape index (κ2) is 4.36. The molecule has 0 aromatic heterocycles. The summed E-state index contributed by atoms with van der Waals surface area (Å²) in [6.45, 7) is 7.38. The predicted octanol–water partition coefficient (Wildman–Crippen LogP) is 3.08. The van der Waals surface area contributed by atoms with Crippen LogP contribution < -0.4 is 5.32 Å². The van der Waals surface area contributed by atoms with E-state index in [9.17, 15) is 4.79 Å². The van der Waals surface area contributed by atoms with Gasteiger partial charge in [-0.1, -0.05) is 43.7 Å². The molecule has 1 N–H and O–H groups in total. The molecule has 2 heteroatoms. The Kier molecular flexibility index (Phi) is 3.05. The number of hydrogen-bond donors (Lipinski definition) is 1. The summed E-state index contributed by atoms with van der Waals surface area (Å²) in [6.07, 6.45) is 2.68. The molecule has 0 spiro atoms. The third-order valence-corrected chi connectivity index (χ3v) is 3.10. The van der Waals surface area contributed by atoms with Crippen LogP contribution in [0, 0.1) is 12.3 Å². The van der Waals surface area contributed by atoms with Gasteiger partial charge in [0.2, 0.25) is 0 Å². The molecule has 1 heterocycles. The number of carbonyl (C=O) groups excluding carboxylic acids is 1. The van der Waals surface area contributed by atoms with Crippen molar-refractivity contribution in [3.05, 3.63) is 47.2 Å². The normalized spacial score (nSPS) is 20.3. The third-order valence-electron chi connectivity index (χ3n) is 3.10. The molecule has 1 aromatic rings. The second-order valence-electron chi connectivity index (χ2n) is 5.59. The molecule has 1 aliphatic rings. The van der Waals surface area contributed by atoms with Gasteiger partial charge in [0.25, 0.3) is 0 Å². The van der Waals surface area contributed by atoms with Gasteiger partial charge >= 0.3 is 0 Å². The molecule has 1 aliphatic heterocycles. The molecule has 0 bridgehead atoms. The van der Waals surface area contributed by atoms with Gasteiger partial charge in [0.1, 0.15) is 0 Å². The van der Waals surface area contributed by atoms with E-state index in [1.165, 1.54) is 5.56 Å². The van der Waals surface area contributed by atoms with Crippen molar-refractivity contribution in [1.82, 2.24) is 5.32 Å². The maximum Gasteiger partial charge on any atom is 0.187 e. The minimum Gasteiger partial charge on any atom is -0.388 e. The highest BCUT2D eigenvalue weighted by Gasteiger charge is 2.26. The van der Waals surface area contributed by atoms with E-state index < -0.39 is 0 Å². The Balaban J connectivity index is 2.12. The summed E-state index contributed by atoms with van der Waals surface area (Å²) in [5.41, 5.74) is 3.25. The molecule has 90 valence electrons. The van der Waals surface area contributed by atoms with Gasteiger partial charge < -0.3 is 5.32 Å². The van der Waals surface area contributed by atoms with Crippen molar-refractivity contribution in [2.24, 2.45) is 5.41 Å². The number of ketones is 1. The Labute approximate surface area is 103 Å². The van der Waals surface area contributed by atoms with Crippen molar-refractivity contribution in [2.75, 3.05) is 6.54 Å². The third kappa shape index (κ3) is 2.96. The van der Waals surface area contributed by atoms with Gasteiger partial charge in [-0.3, -0.25) is 4.79 Å². The van der Waals surface area contributed by atoms with Crippen LogP contribution in [-0.2, 0) is 0 Å². The lowest BCUT2D eigenvalue weighted by Gasteiger charge is -2.12. The molecule has 2 rings (SSSR count). The fourth-order valence-electron chi connectivity index (χ4n) is 2.05. The standard InChI is InChI=1S/C15H19NO/c1-11-4-6-12(7-5-11)14(17)8-13-9-15(2,3)10-16-13/h4-8,16H,9-10H2,1-3H3/b13-8-. The molecule has 1 fully saturated rings. The Bertz CT molecular complexity index is 454. The number of benzene rings is 1. The predicted molar refractivity (Wildman–Crippen MR) is 70.0 cm³/mol. The van der Waals surface area contributed by atoms with Crippen LogP contribution in [-0.4, -0.2) is 12.3 Å². The smallest absolute Gasteiger partial charge is 0.187 e. The lowest BCUT2D eigenvalue weighted by atomic mass is 9.92. The zero-order valence-corrected chi connectivity index (χ0v) is 10.7. The van der Waals surface area contributed by atoms with E-state index in [4.69, 9.17) is 0 Å². The van der Waals surface area contributed by atoms with Crippen molar-refractivity contribution in [3.63, 3.8) is 0 Å². The van der Waals surface area contributed by atoms with Gasteiger partial charge in [-0.05, 0) is 18.8 Å². The highest BCUT2D eigenvalue weighted by molar-refractivity contribution is 6.04. The van der Waals surface area contributed by atoms with Crippen LogP contribution in [0.5, 0.6) is 0 Å². The van der Waals surface area contributed by atoms with E-state index in [-0.39, 0.29) is 11.2 Å². The summed E-state index contributed by atoms with van der Waals surface area (Å²) in [4.78, 5) is 12.0. The fraction of sp³-hybridized carbons (Fsp3) is 0.400. The highest BCUT2D eigenvalue weighted by Crippen LogP contribution is 2.29. The molecular weight excluding hydrogens is 210 g/mol. The molecule has 17 heavy (non-hydrogen) atoms. The first-order chi connectivity index (χ1) is 7.96. The number of allylic oxidation sites excluding steroid dienone is 2. The molecule has 0 atom stereocenters. The van der Waals surface area contributed by atoms with Gasteiger partial charge in [-0.2, -0.15) is 0 Å². The fourth-order valence-corrected chi connectivity index (χ4v) is 2.05. The van der Waals surface area contributed by atoms with Crippen LogP contribution in [0.1, 0.15) is 36.2 Å². The van der Waals surface area contributed by atoms with Crippen LogP contribution in [0.15, 0.2) is 36.0 Å². The first kappa shape index (κ1) is 11.9. The lowest BCUT2D eigenvalue weighted by molar-refractivity contribution is 0.104. The van der Waals surface area contributed by atoms with Crippen LogP contribution in [0.3, 0.4) is 0 Å². The van der Waals surface area contributed by atoms with Crippen LogP contribution in [0.2, 0.25) is 0 Å². The minimum absolute atomic E-state index is 0.0881. The summed E-state index contributed by atoms with van der Waals surface area (Å²) in [5, 5.41) is 3.30. The molecular formula is C15H19NO. The van der Waals surface area contributed by atoms with Gasteiger partial charge in [0.05, 0.1) is 0 Å². The number of rotatable bonds is 2. The maximum atomic E-state index is 12.0. The Morgan fingerprint density at radius 3 is 2.47 bits per heavy atom. The molecule has 0 radical (unpaired) electrons. The van der Waals surface area contributed by atoms with E-state index in [1.807, 2.05) is 31.2 Å². The van der Waals surface area contributed by atoms with Gasteiger partial charge in [-0.15, -0.1) is 0 Å². The molecule has 0 amide bonds. The molecule has 0 aliphatic carbocycles. The lowest BCUT2D eigenvalue weighted by Crippen LogP contribution is -2.15. The monoisotopic (exact) mass is 229 g/mol. The molecule has 0 unspecified atom stereocenters. The van der Waals surface area contributed by atoms with Crippen LogP contribution in [0.4, 0.5) is 0 Å². The average molecular weight is 229 g/mol. The summed E-state index contributed by atoms with van der Waals surface area (Å²) in [7, 11) is 0. The molecule has 1 saturated heterocycles. The zero-order chi connectivity index (χ0) is 12.5. The topological polar surface area (TPSA) is 29.1 Å². The maximum absolute atomic E-state index is 12.0. The van der Waals surface area contributed by atoms with E-state index >= 15 is 0 Å². The molecule has 1 aromatic carbocycles. The largest absolute Gasteiger partial charge is 0.388 e. The van der Waals surface area contributed by atoms with Crippen molar-refractivity contribution in [3.8, 4) is 0 Å². The first-order valence-corrected chi connectivity index (χ1v) is 6.02. The second-order valence-corrected chi connectivity index (χ2v) is 5.59. The van der Waals surface area contributed by atoms with Gasteiger partial charge in [0.15, 0.2) is 5.78 Å². The van der Waals surface area contributed by atoms with Gasteiger partial charge in [0, 0.05) is 23.9 Å². The SMILES string of the molecule is Cc1ccc(C(=O)/C=C2/CC(C)(C)CN2)cc1. The van der Waals surface area contributed by atoms with E-state index in [1.54, 1.807) is 6.08 Å². The summed E-state index contributed by atoms with van der Waals surface area (Å²) in [6, 6.07) is 7.71. The Morgan fingerprint density at radius 1 is 1.29 bits per heavy atom. The zero-order valence-electron chi connectivity index (χ0n) is 10.7. The van der Waals surface area contributed by atoms with Crippen molar-refractivity contribution >= 4 is 5.78 Å². The number of aryl methyl sites for hydroxylation is 1. The van der Waals surface area contributed by atoms with Crippen LogP contribution >= 0.6 is 0 Å². The summed E-state index contributed by atoms with van der Waals surface area (Å²) < 4.78 is 0. The highest BCUT2D eigenvalue weighted by atomic mass is 16.1. The Morgan fingerprint density at radius 2 is 1.94 bits per heavy atom. The number of nitrogens with one attached hydrogen (secondary N) is 1. The van der Waals surface area contributed by atoms with Crippen LogP contribution in [0.25, 0.3) is 0 Å². The molecule has 2 nitrogen and oxygen atoms in total.